The number of carbonyl (C=O) groups is 1. The van der Waals surface area contributed by atoms with Crippen molar-refractivity contribution in [3.8, 4) is 17.2 Å². The van der Waals surface area contributed by atoms with Gasteiger partial charge < -0.3 is 18.9 Å². The van der Waals surface area contributed by atoms with E-state index in [4.69, 9.17) is 30.5 Å². The predicted octanol–water partition coefficient (Wildman–Crippen LogP) is 8.90. The molecule has 0 aliphatic rings. The molecule has 6 heteroatoms. The summed E-state index contributed by atoms with van der Waals surface area (Å²) in [6, 6.07) is 22.9. The first-order valence-electron chi connectivity index (χ1n) is 14.2. The topological polar surface area (TPSA) is 54.0 Å². The molecule has 3 aromatic carbocycles. The third-order valence-electron chi connectivity index (χ3n) is 6.87. The minimum Gasteiger partial charge on any atom is -0.493 e. The van der Waals surface area contributed by atoms with Gasteiger partial charge in [0.1, 0.15) is 17.2 Å². The van der Waals surface area contributed by atoms with E-state index in [1.807, 2.05) is 48.5 Å². The van der Waals surface area contributed by atoms with Crippen molar-refractivity contribution >= 4 is 17.6 Å². The number of hydrogen-bond donors (Lipinski definition) is 0. The van der Waals surface area contributed by atoms with Gasteiger partial charge in [0.2, 0.25) is 5.60 Å². The van der Waals surface area contributed by atoms with Crippen molar-refractivity contribution in [2.24, 2.45) is 0 Å². The fourth-order valence-electron chi connectivity index (χ4n) is 4.50. The molecule has 0 bridgehead atoms. The molecular formula is C34H43ClO5. The lowest BCUT2D eigenvalue weighted by atomic mass is 9.86. The van der Waals surface area contributed by atoms with Gasteiger partial charge in [0.05, 0.1) is 20.3 Å². The Bertz CT molecular complexity index is 1170. The van der Waals surface area contributed by atoms with Crippen molar-refractivity contribution in [2.75, 3.05) is 20.3 Å². The Morgan fingerprint density at radius 2 is 1.23 bits per heavy atom. The van der Waals surface area contributed by atoms with Crippen LogP contribution in [0.5, 0.6) is 17.2 Å². The van der Waals surface area contributed by atoms with Crippen LogP contribution >= 0.6 is 11.6 Å². The quantitative estimate of drug-likeness (QED) is 0.136. The molecular weight excluding hydrogens is 524 g/mol. The summed E-state index contributed by atoms with van der Waals surface area (Å²) in [7, 11) is 1.42. The molecule has 5 nitrogen and oxygen atoms in total. The molecule has 0 radical (unpaired) electrons. The number of ether oxygens (including phenoxy) is 4. The summed E-state index contributed by atoms with van der Waals surface area (Å²) < 4.78 is 23.5. The Kier molecular flexibility index (Phi) is 11.8. The molecule has 216 valence electrons. The molecule has 0 amide bonds. The van der Waals surface area contributed by atoms with Crippen LogP contribution in [0.3, 0.4) is 0 Å². The molecule has 0 saturated carbocycles. The molecule has 0 spiro atoms. The Morgan fingerprint density at radius 3 is 1.75 bits per heavy atom. The SMILES string of the molecule is CCCCCCC(Oc1ccc(C(C)(C)C)cc1)(C(=O)OC)c1ccc(OCCCOc2ccc(Cl)cc2)cc1. The van der Waals surface area contributed by atoms with Crippen molar-refractivity contribution in [3.05, 3.63) is 88.9 Å². The van der Waals surface area contributed by atoms with E-state index in [0.717, 1.165) is 49.2 Å². The molecule has 0 aromatic heterocycles. The van der Waals surface area contributed by atoms with Crippen molar-refractivity contribution in [3.63, 3.8) is 0 Å². The van der Waals surface area contributed by atoms with Crippen LogP contribution in [0, 0.1) is 0 Å². The fraction of sp³-hybridized carbons (Fsp3) is 0.441. The Hall–Kier alpha value is -3.18. The lowest BCUT2D eigenvalue weighted by Gasteiger charge is -2.33. The average Bonchev–Trinajstić information content (AvgIpc) is 2.95. The van der Waals surface area contributed by atoms with Gasteiger partial charge >= 0.3 is 5.97 Å². The van der Waals surface area contributed by atoms with Crippen molar-refractivity contribution < 1.29 is 23.7 Å². The zero-order valence-corrected chi connectivity index (χ0v) is 25.3. The number of methoxy groups -OCH3 is 1. The van der Waals surface area contributed by atoms with Gasteiger partial charge in [0.25, 0.3) is 0 Å². The molecule has 0 aliphatic heterocycles. The summed E-state index contributed by atoms with van der Waals surface area (Å²) in [6.07, 6.45) is 5.31. The lowest BCUT2D eigenvalue weighted by molar-refractivity contribution is -0.161. The van der Waals surface area contributed by atoms with E-state index in [1.165, 1.54) is 12.7 Å². The van der Waals surface area contributed by atoms with Crippen molar-refractivity contribution in [2.45, 2.75) is 77.2 Å². The van der Waals surface area contributed by atoms with Gasteiger partial charge in [-0.15, -0.1) is 0 Å². The van der Waals surface area contributed by atoms with Crippen LogP contribution in [0.4, 0.5) is 0 Å². The number of benzene rings is 3. The Labute approximate surface area is 244 Å². The number of rotatable bonds is 15. The monoisotopic (exact) mass is 566 g/mol. The second kappa shape index (κ2) is 15.0. The molecule has 0 saturated heterocycles. The average molecular weight is 567 g/mol. The highest BCUT2D eigenvalue weighted by atomic mass is 35.5. The molecule has 0 heterocycles. The van der Waals surface area contributed by atoms with Crippen molar-refractivity contribution in [1.29, 1.82) is 0 Å². The molecule has 0 N–H and O–H groups in total. The van der Waals surface area contributed by atoms with Crippen LogP contribution in [0.25, 0.3) is 0 Å². The fourth-order valence-corrected chi connectivity index (χ4v) is 4.62. The highest BCUT2D eigenvalue weighted by Crippen LogP contribution is 2.37. The van der Waals surface area contributed by atoms with Crippen LogP contribution in [-0.2, 0) is 20.5 Å². The van der Waals surface area contributed by atoms with Gasteiger partial charge in [-0.25, -0.2) is 4.79 Å². The summed E-state index contributed by atoms with van der Waals surface area (Å²) in [6.45, 7) is 9.72. The van der Waals surface area contributed by atoms with Gasteiger partial charge in [-0.05, 0) is 65.9 Å². The number of halogens is 1. The first-order valence-corrected chi connectivity index (χ1v) is 14.6. The van der Waals surface area contributed by atoms with Gasteiger partial charge in [-0.1, -0.05) is 82.8 Å². The standard InChI is InChI=1S/C34H43ClO5/c1-6-7-8-9-23-34(32(36)37-5,40-31-19-11-26(12-20-31)33(2,3)4)27-13-17-29(18-14-27)38-24-10-25-39-30-21-15-28(35)16-22-30/h11-22H,6-10,23-25H2,1-5H3. The second-order valence-corrected chi connectivity index (χ2v) is 11.5. The van der Waals surface area contributed by atoms with E-state index in [2.05, 4.69) is 39.8 Å². The minimum atomic E-state index is -1.25. The normalized spacial score (nSPS) is 12.8. The van der Waals surface area contributed by atoms with Crippen LogP contribution in [-0.4, -0.2) is 26.3 Å². The first-order chi connectivity index (χ1) is 19.2. The van der Waals surface area contributed by atoms with Crippen LogP contribution in [0.2, 0.25) is 5.02 Å². The smallest absolute Gasteiger partial charge is 0.355 e. The van der Waals surface area contributed by atoms with E-state index >= 15 is 0 Å². The zero-order chi connectivity index (χ0) is 29.0. The highest BCUT2D eigenvalue weighted by Gasteiger charge is 2.44. The second-order valence-electron chi connectivity index (χ2n) is 11.0. The van der Waals surface area contributed by atoms with E-state index in [9.17, 15) is 4.79 Å². The molecule has 3 aromatic rings. The number of unbranched alkanes of at least 4 members (excludes halogenated alkanes) is 3. The third kappa shape index (κ3) is 8.92. The molecule has 0 fully saturated rings. The van der Waals surface area contributed by atoms with Gasteiger partial charge in [-0.2, -0.15) is 0 Å². The Morgan fingerprint density at radius 1 is 0.700 bits per heavy atom. The largest absolute Gasteiger partial charge is 0.493 e. The Balaban J connectivity index is 1.72. The van der Waals surface area contributed by atoms with Crippen molar-refractivity contribution in [1.82, 2.24) is 0 Å². The number of esters is 1. The van der Waals surface area contributed by atoms with E-state index in [0.29, 0.717) is 30.4 Å². The molecule has 0 aliphatic carbocycles. The molecule has 1 unspecified atom stereocenters. The predicted molar refractivity (Wildman–Crippen MR) is 162 cm³/mol. The maximum atomic E-state index is 13.4. The molecule has 1 atom stereocenters. The maximum Gasteiger partial charge on any atom is 0.355 e. The molecule has 40 heavy (non-hydrogen) atoms. The van der Waals surface area contributed by atoms with E-state index in [1.54, 1.807) is 12.1 Å². The van der Waals surface area contributed by atoms with Gasteiger partial charge in [0, 0.05) is 23.4 Å². The van der Waals surface area contributed by atoms with Crippen LogP contribution in [0.15, 0.2) is 72.8 Å². The summed E-state index contributed by atoms with van der Waals surface area (Å²) in [5, 5.41) is 0.681. The third-order valence-corrected chi connectivity index (χ3v) is 7.12. The van der Waals surface area contributed by atoms with E-state index in [-0.39, 0.29) is 5.41 Å². The first kappa shape index (κ1) is 31.3. The summed E-state index contributed by atoms with van der Waals surface area (Å²) in [4.78, 5) is 13.4. The van der Waals surface area contributed by atoms with Gasteiger partial charge in [-0.3, -0.25) is 0 Å². The minimum absolute atomic E-state index is 0.0237. The lowest BCUT2D eigenvalue weighted by Crippen LogP contribution is -2.42. The summed E-state index contributed by atoms with van der Waals surface area (Å²) >= 11 is 5.92. The van der Waals surface area contributed by atoms with E-state index < -0.39 is 11.6 Å². The van der Waals surface area contributed by atoms with Crippen LogP contribution < -0.4 is 14.2 Å². The summed E-state index contributed by atoms with van der Waals surface area (Å²) in [5.74, 6) is 1.72. The maximum absolute atomic E-state index is 13.4. The van der Waals surface area contributed by atoms with Crippen LogP contribution in [0.1, 0.15) is 77.3 Å². The zero-order valence-electron chi connectivity index (χ0n) is 24.5. The number of carbonyl (C=O) groups excluding carboxylic acids is 1. The van der Waals surface area contributed by atoms with Gasteiger partial charge in [0.15, 0.2) is 0 Å². The highest BCUT2D eigenvalue weighted by molar-refractivity contribution is 6.30. The number of hydrogen-bond acceptors (Lipinski definition) is 5. The summed E-state index contributed by atoms with van der Waals surface area (Å²) in [5.41, 5.74) is 0.716. The molecule has 3 rings (SSSR count).